The number of fused-ring (bicyclic) bond motifs is 1. The van der Waals surface area contributed by atoms with Crippen molar-refractivity contribution in [3.63, 3.8) is 0 Å². The average molecular weight is 361 g/mol. The molecule has 4 heteroatoms. The van der Waals surface area contributed by atoms with Crippen molar-refractivity contribution in [2.45, 2.75) is 19.1 Å². The van der Waals surface area contributed by atoms with E-state index < -0.39 is 18.8 Å². The fourth-order valence-corrected chi connectivity index (χ4v) is 3.05. The highest BCUT2D eigenvalue weighted by molar-refractivity contribution is 5.92. The summed E-state index contributed by atoms with van der Waals surface area (Å²) in [4.78, 5) is 12.4. The van der Waals surface area contributed by atoms with Crippen molar-refractivity contribution in [3.05, 3.63) is 89.5 Å². The predicted octanol–water partition coefficient (Wildman–Crippen LogP) is 3.37. The number of aryl methyl sites for hydroxylation is 1. The molecular weight excluding hydrogens is 338 g/mol. The van der Waals surface area contributed by atoms with Crippen LogP contribution in [0.3, 0.4) is 0 Å². The van der Waals surface area contributed by atoms with Gasteiger partial charge in [0.05, 0.1) is 12.6 Å². The molecule has 0 bridgehead atoms. The molecule has 2 atom stereocenters. The van der Waals surface area contributed by atoms with E-state index in [9.17, 15) is 15.0 Å². The van der Waals surface area contributed by atoms with Gasteiger partial charge in [-0.1, -0.05) is 60.7 Å². The van der Waals surface area contributed by atoms with Gasteiger partial charge in [0.15, 0.2) is 0 Å². The Hall–Kier alpha value is -2.95. The molecule has 3 aromatic carbocycles. The van der Waals surface area contributed by atoms with Gasteiger partial charge < -0.3 is 15.5 Å². The van der Waals surface area contributed by atoms with E-state index in [2.05, 4.69) is 5.32 Å². The highest BCUT2D eigenvalue weighted by atomic mass is 16.3. The molecular formula is C23H23NO3. The molecule has 0 aliphatic rings. The van der Waals surface area contributed by atoms with Crippen molar-refractivity contribution in [2.24, 2.45) is 0 Å². The molecule has 0 aliphatic carbocycles. The van der Waals surface area contributed by atoms with Crippen molar-refractivity contribution in [2.75, 3.05) is 6.61 Å². The summed E-state index contributed by atoms with van der Waals surface area (Å²) < 4.78 is 0. The first-order chi connectivity index (χ1) is 13.1. The molecule has 0 saturated heterocycles. The van der Waals surface area contributed by atoms with E-state index in [1.807, 2.05) is 73.7 Å². The van der Waals surface area contributed by atoms with E-state index in [0.29, 0.717) is 0 Å². The second-order valence-electron chi connectivity index (χ2n) is 6.53. The largest absolute Gasteiger partial charge is 0.394 e. The maximum absolute atomic E-state index is 12.4. The monoisotopic (exact) mass is 361 g/mol. The summed E-state index contributed by atoms with van der Waals surface area (Å²) in [5, 5.41) is 24.5. The van der Waals surface area contributed by atoms with Gasteiger partial charge in [-0.3, -0.25) is 4.79 Å². The normalized spacial score (nSPS) is 13.6. The second-order valence-corrected chi connectivity index (χ2v) is 6.53. The summed E-state index contributed by atoms with van der Waals surface area (Å²) in [5.74, 6) is -0.330. The van der Waals surface area contributed by atoms with Crippen molar-refractivity contribution in [1.29, 1.82) is 0 Å². The summed E-state index contributed by atoms with van der Waals surface area (Å²) in [6.07, 6.45) is 2.09. The zero-order chi connectivity index (χ0) is 19.2. The summed E-state index contributed by atoms with van der Waals surface area (Å²) in [5.41, 5.74) is 2.77. The minimum absolute atomic E-state index is 0.330. The van der Waals surface area contributed by atoms with E-state index in [1.54, 1.807) is 6.08 Å². The molecule has 138 valence electrons. The van der Waals surface area contributed by atoms with Crippen molar-refractivity contribution in [3.8, 4) is 0 Å². The Morgan fingerprint density at radius 1 is 1.04 bits per heavy atom. The van der Waals surface area contributed by atoms with Crippen LogP contribution < -0.4 is 5.32 Å². The fourth-order valence-electron chi connectivity index (χ4n) is 3.05. The highest BCUT2D eigenvalue weighted by Crippen LogP contribution is 2.23. The molecule has 0 radical (unpaired) electrons. The van der Waals surface area contributed by atoms with Gasteiger partial charge in [0.1, 0.15) is 6.10 Å². The third kappa shape index (κ3) is 4.61. The lowest BCUT2D eigenvalue weighted by Gasteiger charge is -2.23. The Bertz CT molecular complexity index is 965. The molecule has 3 N–H and O–H groups in total. The first-order valence-corrected chi connectivity index (χ1v) is 8.90. The number of rotatable bonds is 6. The third-order valence-electron chi connectivity index (χ3n) is 4.60. The van der Waals surface area contributed by atoms with E-state index in [0.717, 1.165) is 27.5 Å². The Labute approximate surface area is 158 Å². The first-order valence-electron chi connectivity index (χ1n) is 8.90. The molecule has 0 fully saturated rings. The van der Waals surface area contributed by atoms with Crippen LogP contribution in [0.4, 0.5) is 0 Å². The summed E-state index contributed by atoms with van der Waals surface area (Å²) >= 11 is 0. The number of aliphatic hydroxyl groups excluding tert-OH is 2. The van der Waals surface area contributed by atoms with Gasteiger partial charge in [-0.2, -0.15) is 0 Å². The molecule has 0 heterocycles. The Balaban J connectivity index is 1.82. The highest BCUT2D eigenvalue weighted by Gasteiger charge is 2.22. The maximum Gasteiger partial charge on any atom is 0.244 e. The van der Waals surface area contributed by atoms with Gasteiger partial charge in [0.2, 0.25) is 5.91 Å². The molecule has 3 rings (SSSR count). The van der Waals surface area contributed by atoms with E-state index in [4.69, 9.17) is 0 Å². The predicted molar refractivity (Wildman–Crippen MR) is 108 cm³/mol. The molecule has 27 heavy (non-hydrogen) atoms. The number of benzene rings is 3. The Kier molecular flexibility index (Phi) is 6.01. The first kappa shape index (κ1) is 18.8. The van der Waals surface area contributed by atoms with Crippen LogP contribution in [0, 0.1) is 6.92 Å². The third-order valence-corrected chi connectivity index (χ3v) is 4.60. The number of hydrogen-bond donors (Lipinski definition) is 3. The number of carbonyl (C=O) groups excluding carboxylic acids is 1. The maximum atomic E-state index is 12.4. The molecule has 0 unspecified atom stereocenters. The molecule has 0 spiro atoms. The van der Waals surface area contributed by atoms with Gasteiger partial charge in [-0.05, 0) is 46.5 Å². The smallest absolute Gasteiger partial charge is 0.244 e. The zero-order valence-electron chi connectivity index (χ0n) is 15.2. The minimum atomic E-state index is -1.10. The van der Waals surface area contributed by atoms with Crippen molar-refractivity contribution in [1.82, 2.24) is 5.32 Å². The lowest BCUT2D eigenvalue weighted by atomic mass is 9.98. The van der Waals surface area contributed by atoms with Crippen LogP contribution in [0.2, 0.25) is 0 Å². The van der Waals surface area contributed by atoms with E-state index in [1.165, 1.54) is 6.08 Å². The molecule has 4 nitrogen and oxygen atoms in total. The van der Waals surface area contributed by atoms with Crippen LogP contribution >= 0.6 is 0 Å². The van der Waals surface area contributed by atoms with Gasteiger partial charge in [0, 0.05) is 6.08 Å². The van der Waals surface area contributed by atoms with Gasteiger partial charge >= 0.3 is 0 Å². The number of nitrogens with one attached hydrogen (secondary N) is 1. The number of carbonyl (C=O) groups is 1. The van der Waals surface area contributed by atoms with Crippen molar-refractivity contribution >= 4 is 22.8 Å². The van der Waals surface area contributed by atoms with Crippen LogP contribution in [0.5, 0.6) is 0 Å². The van der Waals surface area contributed by atoms with Crippen LogP contribution in [-0.2, 0) is 4.79 Å². The summed E-state index contributed by atoms with van der Waals surface area (Å²) in [7, 11) is 0. The second kappa shape index (κ2) is 8.62. The fraction of sp³-hybridized carbons (Fsp3) is 0.174. The average Bonchev–Trinajstić information content (AvgIpc) is 2.70. The van der Waals surface area contributed by atoms with Crippen LogP contribution in [0.15, 0.2) is 72.8 Å². The quantitative estimate of drug-likeness (QED) is 0.590. The summed E-state index contributed by atoms with van der Waals surface area (Å²) in [6.45, 7) is 1.53. The van der Waals surface area contributed by atoms with E-state index in [-0.39, 0.29) is 5.91 Å². The van der Waals surface area contributed by atoms with Gasteiger partial charge in [-0.25, -0.2) is 0 Å². The topological polar surface area (TPSA) is 69.6 Å². The Morgan fingerprint density at radius 3 is 2.48 bits per heavy atom. The molecule has 0 aromatic heterocycles. The Morgan fingerprint density at radius 2 is 1.74 bits per heavy atom. The van der Waals surface area contributed by atoms with Crippen LogP contribution in [0.1, 0.15) is 22.7 Å². The molecule has 1 amide bonds. The number of amides is 1. The minimum Gasteiger partial charge on any atom is -0.394 e. The molecule has 0 saturated carbocycles. The SMILES string of the molecule is Cc1ccccc1C=CC(=O)N[C@H](c1ccc2ccccc2c1)[C@H](O)CO. The number of aliphatic hydroxyl groups is 2. The lowest BCUT2D eigenvalue weighted by Crippen LogP contribution is -2.37. The van der Waals surface area contributed by atoms with Crippen LogP contribution in [0.25, 0.3) is 16.8 Å². The number of hydrogen-bond acceptors (Lipinski definition) is 3. The van der Waals surface area contributed by atoms with Gasteiger partial charge in [-0.15, -0.1) is 0 Å². The van der Waals surface area contributed by atoms with Crippen LogP contribution in [-0.4, -0.2) is 28.8 Å². The summed E-state index contributed by atoms with van der Waals surface area (Å²) in [6, 6.07) is 20.7. The molecule has 3 aromatic rings. The van der Waals surface area contributed by atoms with E-state index >= 15 is 0 Å². The van der Waals surface area contributed by atoms with Gasteiger partial charge in [0.25, 0.3) is 0 Å². The zero-order valence-corrected chi connectivity index (χ0v) is 15.2. The molecule has 0 aliphatic heterocycles. The lowest BCUT2D eigenvalue weighted by molar-refractivity contribution is -0.118. The van der Waals surface area contributed by atoms with Crippen molar-refractivity contribution < 1.29 is 15.0 Å². The standard InChI is InChI=1S/C23H23NO3/c1-16-6-2-3-7-17(16)12-13-22(27)24-23(21(26)15-25)20-11-10-18-8-4-5-9-19(18)14-20/h2-14,21,23,25-26H,15H2,1H3,(H,24,27)/t21-,23-/m1/s1.